The van der Waals surface area contributed by atoms with Crippen molar-refractivity contribution in [3.8, 4) is 17.2 Å². The Morgan fingerprint density at radius 1 is 1.20 bits per heavy atom. The Balaban J connectivity index is 2.37. The molecule has 0 N–H and O–H groups in total. The van der Waals surface area contributed by atoms with Crippen molar-refractivity contribution < 1.29 is 23.4 Å². The first-order valence-corrected chi connectivity index (χ1v) is 9.51. The highest BCUT2D eigenvalue weighted by Gasteiger charge is 2.22. The molecule has 0 unspecified atom stereocenters. The number of carbonyl (C=O) groups excluding carboxylic acids is 1. The third-order valence-corrected chi connectivity index (χ3v) is 4.45. The van der Waals surface area contributed by atoms with Gasteiger partial charge in [0.2, 0.25) is 18.7 Å². The molecule has 0 bridgehead atoms. The second-order valence-corrected chi connectivity index (χ2v) is 6.53. The lowest BCUT2D eigenvalue weighted by molar-refractivity contribution is -0.127. The van der Waals surface area contributed by atoms with Crippen LogP contribution in [0.1, 0.15) is 19.4 Å². The number of hydrogen-bond donors (Lipinski definition) is 0. The first-order valence-electron chi connectivity index (χ1n) is 9.14. The van der Waals surface area contributed by atoms with Crippen LogP contribution in [0, 0.1) is 0 Å². The summed E-state index contributed by atoms with van der Waals surface area (Å²) in [4.78, 5) is 18.2. The van der Waals surface area contributed by atoms with Crippen molar-refractivity contribution in [2.75, 3.05) is 21.0 Å². The molecule has 0 aliphatic rings. The number of carbonyl (C=O) groups is 1. The average Bonchev–Trinajstić information content (AvgIpc) is 2.75. The molecule has 0 radical (unpaired) electrons. The largest absolute Gasteiger partial charge is 0.497 e. The highest BCUT2D eigenvalue weighted by Crippen LogP contribution is 2.28. The monoisotopic (exact) mass is 434 g/mol. The predicted octanol–water partition coefficient (Wildman–Crippen LogP) is 5.01. The first kappa shape index (κ1) is 23.2. The van der Waals surface area contributed by atoms with Crippen LogP contribution in [-0.4, -0.2) is 37.7 Å². The molecule has 1 amide bonds. The molecule has 0 saturated heterocycles. The summed E-state index contributed by atoms with van der Waals surface area (Å²) in [7, 11) is 3.09. The SMILES string of the molecule is CC=C(C(=NC)Oc1ccc(Cl)cc1)N(Cc1cc(OC)ccc1OCF)C(C)=O. The lowest BCUT2D eigenvalue weighted by Crippen LogP contribution is -2.33. The smallest absolute Gasteiger partial charge is 0.238 e. The van der Waals surface area contributed by atoms with Gasteiger partial charge in [-0.15, -0.1) is 0 Å². The molecule has 0 atom stereocenters. The third kappa shape index (κ3) is 5.97. The standard InChI is InChI=1S/C22H24ClFN2O4/c1-5-20(22(25-3)30-18-8-6-17(23)7-9-18)26(15(2)27)13-16-12-19(28-4)10-11-21(16)29-14-24/h5-12H,13-14H2,1-4H3. The summed E-state index contributed by atoms with van der Waals surface area (Å²) in [6.07, 6.45) is 1.72. The van der Waals surface area contributed by atoms with Crippen LogP contribution in [0.2, 0.25) is 5.02 Å². The Labute approximate surface area is 180 Å². The Hall–Kier alpha value is -3.06. The van der Waals surface area contributed by atoms with Crippen LogP contribution in [0.4, 0.5) is 4.39 Å². The molecule has 2 aromatic rings. The molecule has 6 nitrogen and oxygen atoms in total. The highest BCUT2D eigenvalue weighted by molar-refractivity contribution is 6.30. The zero-order valence-corrected chi connectivity index (χ0v) is 18.1. The van der Waals surface area contributed by atoms with Gasteiger partial charge in [0.25, 0.3) is 0 Å². The van der Waals surface area contributed by atoms with Gasteiger partial charge in [0.1, 0.15) is 22.9 Å². The molecule has 2 aromatic carbocycles. The van der Waals surface area contributed by atoms with Crippen molar-refractivity contribution in [3.05, 3.63) is 64.8 Å². The van der Waals surface area contributed by atoms with Gasteiger partial charge in [0.05, 0.1) is 13.7 Å². The van der Waals surface area contributed by atoms with Crippen molar-refractivity contribution in [1.29, 1.82) is 0 Å². The number of alkyl halides is 1. The van der Waals surface area contributed by atoms with E-state index in [2.05, 4.69) is 4.99 Å². The fourth-order valence-corrected chi connectivity index (χ4v) is 2.89. The van der Waals surface area contributed by atoms with Gasteiger partial charge < -0.3 is 19.1 Å². The zero-order valence-electron chi connectivity index (χ0n) is 17.3. The van der Waals surface area contributed by atoms with E-state index in [1.54, 1.807) is 62.5 Å². The minimum absolute atomic E-state index is 0.102. The van der Waals surface area contributed by atoms with Gasteiger partial charge >= 0.3 is 0 Å². The van der Waals surface area contributed by atoms with Crippen LogP contribution < -0.4 is 14.2 Å². The van der Waals surface area contributed by atoms with Gasteiger partial charge in [-0.25, -0.2) is 4.39 Å². The summed E-state index contributed by atoms with van der Waals surface area (Å²) in [5.74, 6) is 1.38. The van der Waals surface area contributed by atoms with Crippen molar-refractivity contribution in [1.82, 2.24) is 4.90 Å². The first-order chi connectivity index (χ1) is 14.4. The summed E-state index contributed by atoms with van der Waals surface area (Å²) < 4.78 is 29.0. The van der Waals surface area contributed by atoms with E-state index in [1.807, 2.05) is 0 Å². The molecular formula is C22H24ClFN2O4. The Morgan fingerprint density at radius 3 is 2.40 bits per heavy atom. The maximum Gasteiger partial charge on any atom is 0.238 e. The molecule has 0 aliphatic carbocycles. The fraction of sp³-hybridized carbons (Fsp3) is 0.273. The molecule has 0 aromatic heterocycles. The van der Waals surface area contributed by atoms with Crippen molar-refractivity contribution in [3.63, 3.8) is 0 Å². The van der Waals surface area contributed by atoms with Crippen LogP contribution in [0.15, 0.2) is 59.2 Å². The molecule has 0 spiro atoms. The maximum atomic E-state index is 12.8. The number of hydrogen-bond acceptors (Lipinski definition) is 5. The molecule has 8 heteroatoms. The number of amides is 1. The molecular weight excluding hydrogens is 411 g/mol. The van der Waals surface area contributed by atoms with Gasteiger partial charge in [-0.1, -0.05) is 17.7 Å². The van der Waals surface area contributed by atoms with E-state index in [4.69, 9.17) is 25.8 Å². The van der Waals surface area contributed by atoms with Gasteiger partial charge in [-0.05, 0) is 49.4 Å². The molecule has 0 heterocycles. The molecule has 0 fully saturated rings. The summed E-state index contributed by atoms with van der Waals surface area (Å²) in [5, 5.41) is 0.576. The zero-order chi connectivity index (χ0) is 22.1. The van der Waals surface area contributed by atoms with E-state index in [0.29, 0.717) is 33.5 Å². The summed E-state index contributed by atoms with van der Waals surface area (Å²) in [5.41, 5.74) is 1.03. The van der Waals surface area contributed by atoms with Crippen molar-refractivity contribution in [2.24, 2.45) is 4.99 Å². The number of nitrogens with zero attached hydrogens (tertiary/aromatic N) is 2. The minimum Gasteiger partial charge on any atom is -0.497 e. The van der Waals surface area contributed by atoms with Crippen LogP contribution >= 0.6 is 11.6 Å². The second kappa shape index (κ2) is 11.2. The molecule has 160 valence electrons. The van der Waals surface area contributed by atoms with Crippen LogP contribution in [0.5, 0.6) is 17.2 Å². The normalized spacial score (nSPS) is 11.8. The van der Waals surface area contributed by atoms with Gasteiger partial charge in [-0.2, -0.15) is 0 Å². The predicted molar refractivity (Wildman–Crippen MR) is 115 cm³/mol. The Kier molecular flexibility index (Phi) is 8.68. The lowest BCUT2D eigenvalue weighted by atomic mass is 10.1. The molecule has 0 aliphatic heterocycles. The number of halogens is 2. The van der Waals surface area contributed by atoms with Gasteiger partial charge in [-0.3, -0.25) is 9.79 Å². The van der Waals surface area contributed by atoms with Crippen molar-refractivity contribution in [2.45, 2.75) is 20.4 Å². The van der Waals surface area contributed by atoms with E-state index in [1.165, 1.54) is 18.9 Å². The number of ether oxygens (including phenoxy) is 3. The molecule has 30 heavy (non-hydrogen) atoms. The second-order valence-electron chi connectivity index (χ2n) is 6.09. The van der Waals surface area contributed by atoms with Crippen LogP contribution in [0.25, 0.3) is 0 Å². The number of rotatable bonds is 8. The molecule has 0 saturated carbocycles. The van der Waals surface area contributed by atoms with Gasteiger partial charge in [0.15, 0.2) is 0 Å². The topological polar surface area (TPSA) is 60.4 Å². The Bertz CT molecular complexity index is 929. The van der Waals surface area contributed by atoms with Crippen LogP contribution in [-0.2, 0) is 11.3 Å². The van der Waals surface area contributed by atoms with E-state index in [-0.39, 0.29) is 18.3 Å². The van der Waals surface area contributed by atoms with E-state index < -0.39 is 6.86 Å². The highest BCUT2D eigenvalue weighted by atomic mass is 35.5. The van der Waals surface area contributed by atoms with E-state index in [0.717, 1.165) is 0 Å². The number of benzene rings is 2. The van der Waals surface area contributed by atoms with E-state index in [9.17, 15) is 9.18 Å². The van der Waals surface area contributed by atoms with Crippen LogP contribution in [0.3, 0.4) is 0 Å². The fourth-order valence-electron chi connectivity index (χ4n) is 2.76. The summed E-state index contributed by atoms with van der Waals surface area (Å²) in [6, 6.07) is 11.7. The summed E-state index contributed by atoms with van der Waals surface area (Å²) in [6.45, 7) is 2.31. The van der Waals surface area contributed by atoms with E-state index >= 15 is 0 Å². The third-order valence-electron chi connectivity index (χ3n) is 4.20. The Morgan fingerprint density at radius 2 is 1.87 bits per heavy atom. The molecule has 2 rings (SSSR count). The number of methoxy groups -OCH3 is 1. The lowest BCUT2D eigenvalue weighted by Gasteiger charge is -2.26. The number of allylic oxidation sites excluding steroid dienone is 1. The summed E-state index contributed by atoms with van der Waals surface area (Å²) >= 11 is 5.92. The quantitative estimate of drug-likeness (QED) is 0.432. The van der Waals surface area contributed by atoms with Gasteiger partial charge in [0, 0.05) is 24.6 Å². The average molecular weight is 435 g/mol. The number of aliphatic imine (C=N–C) groups is 1. The maximum absolute atomic E-state index is 12.8. The van der Waals surface area contributed by atoms with Crippen molar-refractivity contribution >= 4 is 23.4 Å². The minimum atomic E-state index is -0.989.